The van der Waals surface area contributed by atoms with Gasteiger partial charge in [0.2, 0.25) is 0 Å². The number of hydrogen-bond acceptors (Lipinski definition) is 4. The molecular formula is C16H18N2OS. The van der Waals surface area contributed by atoms with Gasteiger partial charge in [0.25, 0.3) is 0 Å². The van der Waals surface area contributed by atoms with Crippen molar-refractivity contribution in [2.24, 2.45) is 5.41 Å². The molecule has 0 saturated heterocycles. The van der Waals surface area contributed by atoms with Crippen LogP contribution in [0.25, 0.3) is 0 Å². The van der Waals surface area contributed by atoms with E-state index >= 15 is 0 Å². The first-order valence-electron chi connectivity index (χ1n) is 6.83. The summed E-state index contributed by atoms with van der Waals surface area (Å²) in [5, 5.41) is 0.662. The summed E-state index contributed by atoms with van der Waals surface area (Å²) in [7, 11) is 0. The Kier molecular flexibility index (Phi) is 3.13. The lowest BCUT2D eigenvalue weighted by Gasteiger charge is -2.29. The van der Waals surface area contributed by atoms with Gasteiger partial charge in [-0.3, -0.25) is 9.78 Å². The highest BCUT2D eigenvalue weighted by atomic mass is 32.1. The summed E-state index contributed by atoms with van der Waals surface area (Å²) in [5.41, 5.74) is 9.00. The summed E-state index contributed by atoms with van der Waals surface area (Å²) in [6.07, 6.45) is 6.35. The molecule has 4 heteroatoms. The molecule has 0 unspecified atom stereocenters. The number of nitrogens with two attached hydrogens (primary N) is 1. The van der Waals surface area contributed by atoms with Crippen LogP contribution < -0.4 is 5.73 Å². The molecule has 20 heavy (non-hydrogen) atoms. The van der Waals surface area contributed by atoms with E-state index in [-0.39, 0.29) is 5.78 Å². The standard InChI is InChI=1S/C16H18N2OS/c1-16(2)6-3-11-12(9-16)20-15(17)13(11)14(19)10-4-7-18-8-5-10/h4-5,7-8H,3,6,9,17H2,1-2H3. The fourth-order valence-corrected chi connectivity index (χ4v) is 4.20. The van der Waals surface area contributed by atoms with Crippen molar-refractivity contribution in [2.75, 3.05) is 5.73 Å². The largest absolute Gasteiger partial charge is 0.390 e. The van der Waals surface area contributed by atoms with Crippen LogP contribution in [-0.2, 0) is 12.8 Å². The maximum Gasteiger partial charge on any atom is 0.196 e. The lowest BCUT2D eigenvalue weighted by atomic mass is 9.76. The normalized spacial score (nSPS) is 16.7. The van der Waals surface area contributed by atoms with Crippen LogP contribution in [0.4, 0.5) is 5.00 Å². The third-order valence-corrected chi connectivity index (χ3v) is 5.04. The van der Waals surface area contributed by atoms with Crippen LogP contribution in [0.3, 0.4) is 0 Å². The predicted octanol–water partition coefficient (Wildman–Crippen LogP) is 3.47. The van der Waals surface area contributed by atoms with Gasteiger partial charge in [0.05, 0.1) is 10.6 Å². The van der Waals surface area contributed by atoms with E-state index in [1.54, 1.807) is 35.9 Å². The fraction of sp³-hybridized carbons (Fsp3) is 0.375. The Labute approximate surface area is 122 Å². The average molecular weight is 286 g/mol. The summed E-state index contributed by atoms with van der Waals surface area (Å²) in [6, 6.07) is 3.50. The molecule has 0 saturated carbocycles. The van der Waals surface area contributed by atoms with Crippen molar-refractivity contribution < 1.29 is 4.79 Å². The molecule has 2 heterocycles. The number of ketones is 1. The number of carbonyl (C=O) groups excluding carboxylic acids is 1. The topological polar surface area (TPSA) is 56.0 Å². The summed E-state index contributed by atoms with van der Waals surface area (Å²) >= 11 is 1.58. The second-order valence-corrected chi connectivity index (χ2v) is 7.29. The van der Waals surface area contributed by atoms with Gasteiger partial charge in [0, 0.05) is 22.8 Å². The number of pyridine rings is 1. The number of thiophene rings is 1. The SMILES string of the molecule is CC1(C)CCc2c(sc(N)c2C(=O)c2ccncc2)C1. The van der Waals surface area contributed by atoms with E-state index in [2.05, 4.69) is 18.8 Å². The molecule has 2 aromatic heterocycles. The Hall–Kier alpha value is -1.68. The van der Waals surface area contributed by atoms with Gasteiger partial charge >= 0.3 is 0 Å². The molecule has 0 amide bonds. The second kappa shape index (κ2) is 4.70. The third-order valence-electron chi connectivity index (χ3n) is 3.98. The second-order valence-electron chi connectivity index (χ2n) is 6.15. The zero-order chi connectivity index (χ0) is 14.3. The number of anilines is 1. The molecule has 0 spiro atoms. The molecule has 0 radical (unpaired) electrons. The molecule has 0 atom stereocenters. The highest BCUT2D eigenvalue weighted by Crippen LogP contribution is 2.43. The van der Waals surface area contributed by atoms with Gasteiger partial charge in [-0.25, -0.2) is 0 Å². The van der Waals surface area contributed by atoms with Crippen molar-refractivity contribution in [1.82, 2.24) is 4.98 Å². The van der Waals surface area contributed by atoms with Crippen molar-refractivity contribution in [3.05, 3.63) is 46.1 Å². The third kappa shape index (κ3) is 2.24. The van der Waals surface area contributed by atoms with Crippen molar-refractivity contribution in [1.29, 1.82) is 0 Å². The highest BCUT2D eigenvalue weighted by molar-refractivity contribution is 7.16. The maximum absolute atomic E-state index is 12.7. The summed E-state index contributed by atoms with van der Waals surface area (Å²) in [5.74, 6) is 0.0297. The number of rotatable bonds is 2. The molecule has 1 aliphatic rings. The van der Waals surface area contributed by atoms with Gasteiger partial charge in [0.15, 0.2) is 5.78 Å². The van der Waals surface area contributed by atoms with Crippen molar-refractivity contribution >= 4 is 22.1 Å². The smallest absolute Gasteiger partial charge is 0.196 e. The Morgan fingerprint density at radius 3 is 2.75 bits per heavy atom. The van der Waals surface area contributed by atoms with E-state index in [1.165, 1.54) is 10.4 Å². The summed E-state index contributed by atoms with van der Waals surface area (Å²) in [4.78, 5) is 17.9. The lowest BCUT2D eigenvalue weighted by Crippen LogP contribution is -2.22. The van der Waals surface area contributed by atoms with Gasteiger partial charge < -0.3 is 5.73 Å². The van der Waals surface area contributed by atoms with Crippen molar-refractivity contribution in [3.8, 4) is 0 Å². The van der Waals surface area contributed by atoms with E-state index in [0.717, 1.165) is 24.8 Å². The van der Waals surface area contributed by atoms with Crippen LogP contribution in [0.5, 0.6) is 0 Å². The molecular weight excluding hydrogens is 268 g/mol. The van der Waals surface area contributed by atoms with Crippen LogP contribution >= 0.6 is 11.3 Å². The van der Waals surface area contributed by atoms with Crippen LogP contribution in [0.1, 0.15) is 46.6 Å². The lowest BCUT2D eigenvalue weighted by molar-refractivity contribution is 0.103. The Morgan fingerprint density at radius 1 is 1.35 bits per heavy atom. The van der Waals surface area contributed by atoms with E-state index in [1.807, 2.05) is 0 Å². The average Bonchev–Trinajstić information content (AvgIpc) is 2.72. The highest BCUT2D eigenvalue weighted by Gasteiger charge is 2.31. The molecule has 0 bridgehead atoms. The minimum atomic E-state index is 0.0297. The molecule has 0 aliphatic heterocycles. The minimum Gasteiger partial charge on any atom is -0.390 e. The van der Waals surface area contributed by atoms with Gasteiger partial charge in [-0.15, -0.1) is 11.3 Å². The predicted molar refractivity (Wildman–Crippen MR) is 82.2 cm³/mol. The van der Waals surface area contributed by atoms with Gasteiger partial charge in [-0.2, -0.15) is 0 Å². The van der Waals surface area contributed by atoms with E-state index in [4.69, 9.17) is 5.73 Å². The molecule has 0 aromatic carbocycles. The van der Waals surface area contributed by atoms with E-state index < -0.39 is 0 Å². The number of carbonyl (C=O) groups is 1. The molecule has 1 aliphatic carbocycles. The molecule has 104 valence electrons. The molecule has 0 fully saturated rings. The van der Waals surface area contributed by atoms with Crippen LogP contribution in [-0.4, -0.2) is 10.8 Å². The first kappa shape index (κ1) is 13.3. The quantitative estimate of drug-likeness (QED) is 0.860. The maximum atomic E-state index is 12.7. The van der Waals surface area contributed by atoms with E-state index in [0.29, 0.717) is 16.0 Å². The van der Waals surface area contributed by atoms with Crippen LogP contribution in [0.2, 0.25) is 0 Å². The number of hydrogen-bond donors (Lipinski definition) is 1. The number of fused-ring (bicyclic) bond motifs is 1. The Balaban J connectivity index is 2.04. The number of aromatic nitrogens is 1. The van der Waals surface area contributed by atoms with Gasteiger partial charge in [-0.05, 0) is 42.4 Å². The van der Waals surface area contributed by atoms with Crippen LogP contribution in [0.15, 0.2) is 24.5 Å². The summed E-state index contributed by atoms with van der Waals surface area (Å²) in [6.45, 7) is 4.55. The summed E-state index contributed by atoms with van der Waals surface area (Å²) < 4.78 is 0. The molecule has 3 nitrogen and oxygen atoms in total. The van der Waals surface area contributed by atoms with Crippen LogP contribution in [0, 0.1) is 5.41 Å². The molecule has 2 aromatic rings. The Bertz CT molecular complexity index is 659. The Morgan fingerprint density at radius 2 is 2.05 bits per heavy atom. The van der Waals surface area contributed by atoms with Gasteiger partial charge in [-0.1, -0.05) is 13.8 Å². The molecule has 2 N–H and O–H groups in total. The minimum absolute atomic E-state index is 0.0297. The van der Waals surface area contributed by atoms with Crippen molar-refractivity contribution in [3.63, 3.8) is 0 Å². The fourth-order valence-electron chi connectivity index (χ4n) is 2.82. The molecule has 3 rings (SSSR count). The van der Waals surface area contributed by atoms with E-state index in [9.17, 15) is 4.79 Å². The monoisotopic (exact) mass is 286 g/mol. The van der Waals surface area contributed by atoms with Gasteiger partial charge in [0.1, 0.15) is 0 Å². The number of nitrogen functional groups attached to an aromatic ring is 1. The zero-order valence-electron chi connectivity index (χ0n) is 11.8. The van der Waals surface area contributed by atoms with Crippen molar-refractivity contribution in [2.45, 2.75) is 33.1 Å². The first-order chi connectivity index (χ1) is 9.48. The zero-order valence-corrected chi connectivity index (χ0v) is 12.6. The number of nitrogens with zero attached hydrogens (tertiary/aromatic N) is 1. The first-order valence-corrected chi connectivity index (χ1v) is 7.64.